The van der Waals surface area contributed by atoms with Gasteiger partial charge in [0.15, 0.2) is 17.6 Å². The Bertz CT molecular complexity index is 1080. The highest BCUT2D eigenvalue weighted by Crippen LogP contribution is 2.36. The number of aliphatic hydroxyl groups excluding tert-OH is 2. The van der Waals surface area contributed by atoms with Gasteiger partial charge in [-0.3, -0.25) is 4.79 Å². The number of allylic oxidation sites excluding steroid dienone is 1. The summed E-state index contributed by atoms with van der Waals surface area (Å²) >= 11 is 0. The van der Waals surface area contributed by atoms with E-state index in [-0.39, 0.29) is 29.4 Å². The summed E-state index contributed by atoms with van der Waals surface area (Å²) in [5.74, 6) is -1.99. The van der Waals surface area contributed by atoms with E-state index in [1.54, 1.807) is 13.0 Å². The predicted molar refractivity (Wildman–Crippen MR) is 107 cm³/mol. The zero-order chi connectivity index (χ0) is 20.5. The van der Waals surface area contributed by atoms with Crippen LogP contribution in [0, 0.1) is 5.92 Å². The molecule has 2 atom stereocenters. The molecule has 1 amide bonds. The molecular formula is C22H22N2O5. The lowest BCUT2D eigenvalue weighted by molar-refractivity contribution is -0.148. The van der Waals surface area contributed by atoms with Crippen molar-refractivity contribution in [3.63, 3.8) is 0 Å². The van der Waals surface area contributed by atoms with E-state index in [0.717, 1.165) is 16.5 Å². The standard InChI is InChI=1S/C22H22N2O5/c1-12-14-6-7-18(25)20(27)21(14)29-22(28)16(12)10-19(26)23-9-8-13-11-24-17-5-3-2-4-15(13)17/h2-7,11,14,21,24-25,27H,8-10H2,1H3,(H,23,26). The number of aromatic amines is 1. The number of benzene rings is 1. The van der Waals surface area contributed by atoms with E-state index in [1.807, 2.05) is 30.5 Å². The molecule has 4 N–H and O–H groups in total. The Morgan fingerprint density at radius 1 is 1.28 bits per heavy atom. The maximum Gasteiger partial charge on any atom is 0.335 e. The number of aliphatic hydroxyl groups is 2. The summed E-state index contributed by atoms with van der Waals surface area (Å²) in [7, 11) is 0. The number of fused-ring (bicyclic) bond motifs is 2. The van der Waals surface area contributed by atoms with E-state index in [4.69, 9.17) is 4.74 Å². The van der Waals surface area contributed by atoms with Crippen LogP contribution in [0.5, 0.6) is 0 Å². The van der Waals surface area contributed by atoms with Crippen molar-refractivity contribution in [1.29, 1.82) is 0 Å². The van der Waals surface area contributed by atoms with Crippen LogP contribution in [0.25, 0.3) is 10.9 Å². The SMILES string of the molecule is CC1=C(CC(=O)NCCc2c[nH]c3ccccc23)C(=O)OC2C(O)=C(O)C=CC12. The molecule has 7 nitrogen and oxygen atoms in total. The lowest BCUT2D eigenvalue weighted by atomic mass is 9.83. The second kappa shape index (κ2) is 7.50. The molecule has 1 aromatic heterocycles. The summed E-state index contributed by atoms with van der Waals surface area (Å²) in [6.45, 7) is 2.19. The highest BCUT2D eigenvalue weighted by Gasteiger charge is 2.40. The summed E-state index contributed by atoms with van der Waals surface area (Å²) in [4.78, 5) is 28.0. The minimum atomic E-state index is -0.943. The third-order valence-electron chi connectivity index (χ3n) is 5.50. The molecule has 2 aliphatic rings. The molecule has 2 unspecified atom stereocenters. The third-order valence-corrected chi connectivity index (χ3v) is 5.50. The Kier molecular flexibility index (Phi) is 4.88. The van der Waals surface area contributed by atoms with E-state index in [0.29, 0.717) is 18.5 Å². The number of aromatic nitrogens is 1. The molecule has 2 aromatic rings. The van der Waals surface area contributed by atoms with Crippen molar-refractivity contribution in [1.82, 2.24) is 10.3 Å². The number of amides is 1. The first-order chi connectivity index (χ1) is 14.0. The van der Waals surface area contributed by atoms with Crippen molar-refractivity contribution in [3.8, 4) is 0 Å². The fourth-order valence-electron chi connectivity index (χ4n) is 3.86. The van der Waals surface area contributed by atoms with Crippen LogP contribution in [-0.2, 0) is 20.7 Å². The van der Waals surface area contributed by atoms with Crippen molar-refractivity contribution >= 4 is 22.8 Å². The zero-order valence-corrected chi connectivity index (χ0v) is 15.9. The van der Waals surface area contributed by atoms with Gasteiger partial charge in [0.2, 0.25) is 5.91 Å². The molecule has 1 aromatic carbocycles. The van der Waals surface area contributed by atoms with Crippen LogP contribution in [0.15, 0.2) is 65.3 Å². The number of rotatable bonds is 5. The van der Waals surface area contributed by atoms with E-state index in [9.17, 15) is 19.8 Å². The Morgan fingerprint density at radius 2 is 2.07 bits per heavy atom. The number of carbonyl (C=O) groups excluding carboxylic acids is 2. The fraction of sp³-hybridized carbons (Fsp3) is 0.273. The normalized spacial score (nSPS) is 21.3. The molecule has 0 radical (unpaired) electrons. The molecule has 0 saturated heterocycles. The monoisotopic (exact) mass is 394 g/mol. The van der Waals surface area contributed by atoms with Gasteiger partial charge in [-0.25, -0.2) is 4.79 Å². The molecule has 7 heteroatoms. The average molecular weight is 394 g/mol. The molecule has 0 saturated carbocycles. The minimum Gasteiger partial charge on any atom is -0.505 e. The van der Waals surface area contributed by atoms with Gasteiger partial charge in [-0.15, -0.1) is 0 Å². The first kappa shape index (κ1) is 18.9. The number of ether oxygens (including phenoxy) is 1. The summed E-state index contributed by atoms with van der Waals surface area (Å²) < 4.78 is 5.27. The molecule has 0 fully saturated rings. The molecule has 1 aliphatic carbocycles. The van der Waals surface area contributed by atoms with E-state index in [2.05, 4.69) is 10.3 Å². The molecule has 29 heavy (non-hydrogen) atoms. The molecule has 4 rings (SSSR count). The van der Waals surface area contributed by atoms with Gasteiger partial charge in [-0.05, 0) is 31.1 Å². The number of hydrogen-bond donors (Lipinski definition) is 4. The molecule has 2 heterocycles. The number of hydrogen-bond acceptors (Lipinski definition) is 5. The van der Waals surface area contributed by atoms with Crippen molar-refractivity contribution in [2.24, 2.45) is 5.92 Å². The maximum absolute atomic E-state index is 12.4. The van der Waals surface area contributed by atoms with E-state index >= 15 is 0 Å². The summed E-state index contributed by atoms with van der Waals surface area (Å²) in [5.41, 5.74) is 3.12. The molecular weight excluding hydrogens is 372 g/mol. The first-order valence-electron chi connectivity index (χ1n) is 9.48. The topological polar surface area (TPSA) is 112 Å². The van der Waals surface area contributed by atoms with Gasteiger partial charge >= 0.3 is 5.97 Å². The second-order valence-corrected chi connectivity index (χ2v) is 7.28. The summed E-state index contributed by atoms with van der Waals surface area (Å²) in [6, 6.07) is 7.97. The Hall–Kier alpha value is -3.48. The van der Waals surface area contributed by atoms with Crippen LogP contribution in [0.2, 0.25) is 0 Å². The first-order valence-corrected chi connectivity index (χ1v) is 9.48. The van der Waals surface area contributed by atoms with Crippen LogP contribution in [0.4, 0.5) is 0 Å². The van der Waals surface area contributed by atoms with Gasteiger partial charge in [0.1, 0.15) is 0 Å². The highest BCUT2D eigenvalue weighted by atomic mass is 16.6. The quantitative estimate of drug-likeness (QED) is 0.583. The maximum atomic E-state index is 12.4. The van der Waals surface area contributed by atoms with Crippen molar-refractivity contribution < 1.29 is 24.5 Å². The number of esters is 1. The van der Waals surface area contributed by atoms with Crippen molar-refractivity contribution in [2.45, 2.75) is 25.9 Å². The van der Waals surface area contributed by atoms with Crippen LogP contribution < -0.4 is 5.32 Å². The van der Waals surface area contributed by atoms with Gasteiger partial charge in [0.05, 0.1) is 6.42 Å². The second-order valence-electron chi connectivity index (χ2n) is 7.28. The van der Waals surface area contributed by atoms with Gasteiger partial charge in [-0.1, -0.05) is 29.8 Å². The Balaban J connectivity index is 1.39. The van der Waals surface area contributed by atoms with Crippen molar-refractivity contribution in [3.05, 3.63) is 70.8 Å². The summed E-state index contributed by atoms with van der Waals surface area (Å²) in [5, 5.41) is 23.5. The van der Waals surface area contributed by atoms with Crippen molar-refractivity contribution in [2.75, 3.05) is 6.54 Å². The van der Waals surface area contributed by atoms with Crippen LogP contribution in [0.1, 0.15) is 18.9 Å². The molecule has 1 aliphatic heterocycles. The largest absolute Gasteiger partial charge is 0.505 e. The third kappa shape index (κ3) is 3.51. The van der Waals surface area contributed by atoms with Crippen LogP contribution in [0.3, 0.4) is 0 Å². The van der Waals surface area contributed by atoms with E-state index in [1.165, 1.54) is 6.08 Å². The molecule has 0 spiro atoms. The molecule has 150 valence electrons. The van der Waals surface area contributed by atoms with Crippen LogP contribution in [-0.4, -0.2) is 39.7 Å². The predicted octanol–water partition coefficient (Wildman–Crippen LogP) is 2.97. The lowest BCUT2D eigenvalue weighted by Gasteiger charge is -2.33. The van der Waals surface area contributed by atoms with Gasteiger partial charge in [-0.2, -0.15) is 0 Å². The minimum absolute atomic E-state index is 0.0912. The van der Waals surface area contributed by atoms with Gasteiger partial charge < -0.3 is 25.3 Å². The van der Waals surface area contributed by atoms with Gasteiger partial charge in [0, 0.05) is 35.1 Å². The average Bonchev–Trinajstić information content (AvgIpc) is 3.12. The number of nitrogens with one attached hydrogen (secondary N) is 2. The number of carbonyl (C=O) groups is 2. The Labute approximate surface area is 167 Å². The lowest BCUT2D eigenvalue weighted by Crippen LogP contribution is -2.38. The van der Waals surface area contributed by atoms with Crippen LogP contribution >= 0.6 is 0 Å². The smallest absolute Gasteiger partial charge is 0.335 e. The molecule has 0 bridgehead atoms. The highest BCUT2D eigenvalue weighted by molar-refractivity contribution is 5.97. The number of H-pyrrole nitrogens is 1. The van der Waals surface area contributed by atoms with E-state index < -0.39 is 18.0 Å². The summed E-state index contributed by atoms with van der Waals surface area (Å²) in [6.07, 6.45) is 4.61. The van der Waals surface area contributed by atoms with Gasteiger partial charge in [0.25, 0.3) is 0 Å². The Morgan fingerprint density at radius 3 is 2.90 bits per heavy atom. The zero-order valence-electron chi connectivity index (χ0n) is 15.9. The number of para-hydroxylation sites is 1. The fourth-order valence-corrected chi connectivity index (χ4v) is 3.86.